The highest BCUT2D eigenvalue weighted by Gasteiger charge is 2.13. The van der Waals surface area contributed by atoms with Crippen molar-refractivity contribution in [2.45, 2.75) is 24.9 Å². The molecule has 12 heteroatoms. The molecule has 0 radical (unpaired) electrons. The van der Waals surface area contributed by atoms with Gasteiger partial charge in [-0.2, -0.15) is 11.8 Å². The van der Waals surface area contributed by atoms with E-state index in [0.717, 1.165) is 5.75 Å². The number of carbonyl (C=O) groups excluding carboxylic acids is 1. The van der Waals surface area contributed by atoms with Crippen molar-refractivity contribution >= 4 is 35.6 Å². The first-order valence-corrected chi connectivity index (χ1v) is 7.54. The van der Waals surface area contributed by atoms with Crippen molar-refractivity contribution < 1.29 is 34.5 Å². The normalized spacial score (nSPS) is 11.7. The van der Waals surface area contributed by atoms with Crippen molar-refractivity contribution in [3.63, 3.8) is 0 Å². The third-order valence-corrected chi connectivity index (χ3v) is 2.51. The van der Waals surface area contributed by atoms with Gasteiger partial charge in [0.15, 0.2) is 0 Å². The number of carbonyl (C=O) groups is 4. The number of carboxylic acids is 3. The average molecular weight is 356 g/mol. The van der Waals surface area contributed by atoms with Crippen LogP contribution < -0.4 is 22.9 Å². The molecule has 0 aliphatic heterocycles. The molecule has 0 bridgehead atoms. The lowest BCUT2D eigenvalue weighted by molar-refractivity contribution is -0.140. The molecule has 23 heavy (non-hydrogen) atoms. The maximum Gasteiger partial charge on any atom is 0.321 e. The second-order valence-electron chi connectivity index (χ2n) is 3.94. The largest absolute Gasteiger partial charge is 0.480 e. The van der Waals surface area contributed by atoms with E-state index in [4.69, 9.17) is 26.8 Å². The average Bonchev–Trinajstić information content (AvgIpc) is 2.44. The van der Waals surface area contributed by atoms with E-state index in [9.17, 15) is 19.2 Å². The summed E-state index contributed by atoms with van der Waals surface area (Å²) in [6.45, 7) is -0.278. The van der Waals surface area contributed by atoms with Crippen LogP contribution in [0, 0.1) is 0 Å². The van der Waals surface area contributed by atoms with E-state index < -0.39 is 35.9 Å². The SMILES string of the molecule is CSCC[C@H](N)C(=O)O.NC(=O)C[C@H](N)C(=O)O.NCC(=O)O. The van der Waals surface area contributed by atoms with Gasteiger partial charge in [-0.1, -0.05) is 0 Å². The van der Waals surface area contributed by atoms with E-state index in [2.05, 4.69) is 11.5 Å². The summed E-state index contributed by atoms with van der Waals surface area (Å²) in [7, 11) is 0. The Labute approximate surface area is 137 Å². The lowest BCUT2D eigenvalue weighted by Crippen LogP contribution is -2.34. The Balaban J connectivity index is -0.000000273. The van der Waals surface area contributed by atoms with Gasteiger partial charge in [0.05, 0.1) is 13.0 Å². The van der Waals surface area contributed by atoms with Crippen LogP contribution in [0.3, 0.4) is 0 Å². The monoisotopic (exact) mass is 356 g/mol. The summed E-state index contributed by atoms with van der Waals surface area (Å²) in [6, 6.07) is -1.85. The lowest BCUT2D eigenvalue weighted by atomic mass is 10.2. The Kier molecular flexibility index (Phi) is 18.7. The second-order valence-corrected chi connectivity index (χ2v) is 4.92. The summed E-state index contributed by atoms with van der Waals surface area (Å²) in [5.74, 6) is -2.99. The zero-order valence-corrected chi connectivity index (χ0v) is 13.5. The Hall–Kier alpha value is -1.89. The van der Waals surface area contributed by atoms with Crippen LogP contribution in [-0.4, -0.2) is 69.8 Å². The Bertz CT molecular complexity index is 381. The highest BCUT2D eigenvalue weighted by atomic mass is 32.2. The molecule has 0 rings (SSSR count). The molecule has 0 aliphatic carbocycles. The quantitative estimate of drug-likeness (QED) is 0.239. The fraction of sp³-hybridized carbons (Fsp3) is 0.636. The third-order valence-electron chi connectivity index (χ3n) is 1.86. The zero-order chi connectivity index (χ0) is 19.0. The van der Waals surface area contributed by atoms with Crippen molar-refractivity contribution in [3.05, 3.63) is 0 Å². The van der Waals surface area contributed by atoms with Gasteiger partial charge in [0.2, 0.25) is 5.91 Å². The van der Waals surface area contributed by atoms with E-state index in [-0.39, 0.29) is 13.0 Å². The summed E-state index contributed by atoms with van der Waals surface area (Å²) in [6.07, 6.45) is 2.17. The first-order chi connectivity index (χ1) is 10.5. The number of rotatable bonds is 8. The number of thioether (sulfide) groups is 1. The van der Waals surface area contributed by atoms with Gasteiger partial charge in [0.25, 0.3) is 0 Å². The highest BCUT2D eigenvalue weighted by molar-refractivity contribution is 7.98. The maximum absolute atomic E-state index is 10.1. The minimum atomic E-state index is -1.21. The molecule has 0 aliphatic rings. The first-order valence-electron chi connectivity index (χ1n) is 6.15. The van der Waals surface area contributed by atoms with Crippen molar-refractivity contribution in [1.82, 2.24) is 0 Å². The van der Waals surface area contributed by atoms with Gasteiger partial charge in [-0.05, 0) is 18.4 Å². The second kappa shape index (κ2) is 16.5. The maximum atomic E-state index is 10.1. The molecule has 11 nitrogen and oxygen atoms in total. The molecule has 11 N–H and O–H groups in total. The summed E-state index contributed by atoms with van der Waals surface area (Å²) in [5, 5.41) is 24.0. The van der Waals surface area contributed by atoms with Gasteiger partial charge < -0.3 is 38.3 Å². The zero-order valence-electron chi connectivity index (χ0n) is 12.7. The van der Waals surface area contributed by atoms with Gasteiger partial charge in [0, 0.05) is 0 Å². The minimum Gasteiger partial charge on any atom is -0.480 e. The lowest BCUT2D eigenvalue weighted by Gasteiger charge is -2.02. The van der Waals surface area contributed by atoms with E-state index in [1.807, 2.05) is 6.26 Å². The van der Waals surface area contributed by atoms with Gasteiger partial charge in [-0.15, -0.1) is 0 Å². The standard InChI is InChI=1S/C5H11NO2S.C4H8N2O3.C2H5NO2/c1-9-3-2-4(6)5(7)8;5-2(4(8)9)1-3(6)7;3-1-2(4)5/h4H,2-3,6H2,1H3,(H,7,8);2H,1,5H2,(H2,6,7)(H,8,9);1,3H2,(H,4,5)/t4-;2-;/m00./s1. The van der Waals surface area contributed by atoms with E-state index in [0.29, 0.717) is 6.42 Å². The topological polar surface area (TPSA) is 233 Å². The predicted molar refractivity (Wildman–Crippen MR) is 84.7 cm³/mol. The molecular weight excluding hydrogens is 332 g/mol. The number of primary amides is 1. The summed E-state index contributed by atoms with van der Waals surface area (Å²) in [4.78, 5) is 39.2. The van der Waals surface area contributed by atoms with Crippen LogP contribution in [0.5, 0.6) is 0 Å². The molecule has 0 spiro atoms. The van der Waals surface area contributed by atoms with Crippen LogP contribution in [-0.2, 0) is 19.2 Å². The summed E-state index contributed by atoms with van der Waals surface area (Å²) >= 11 is 1.60. The Morgan fingerprint density at radius 3 is 1.57 bits per heavy atom. The minimum absolute atomic E-state index is 0.278. The van der Waals surface area contributed by atoms with E-state index in [1.165, 1.54) is 0 Å². The van der Waals surface area contributed by atoms with Crippen LogP contribution in [0.25, 0.3) is 0 Å². The van der Waals surface area contributed by atoms with Crippen molar-refractivity contribution in [2.75, 3.05) is 18.6 Å². The molecule has 0 saturated heterocycles. The molecule has 0 heterocycles. The van der Waals surface area contributed by atoms with Crippen LogP contribution in [0.15, 0.2) is 0 Å². The fourth-order valence-electron chi connectivity index (χ4n) is 0.672. The van der Waals surface area contributed by atoms with Gasteiger partial charge >= 0.3 is 17.9 Å². The van der Waals surface area contributed by atoms with E-state index >= 15 is 0 Å². The Morgan fingerprint density at radius 1 is 1.00 bits per heavy atom. The number of nitrogens with two attached hydrogens (primary N) is 4. The van der Waals surface area contributed by atoms with Crippen LogP contribution in [0.4, 0.5) is 0 Å². The summed E-state index contributed by atoms with van der Waals surface area (Å²) in [5.41, 5.74) is 19.3. The molecule has 0 fully saturated rings. The number of hydrogen-bond acceptors (Lipinski definition) is 8. The predicted octanol–water partition coefficient (Wildman–Crippen LogP) is -2.55. The molecule has 136 valence electrons. The number of aliphatic carboxylic acids is 3. The van der Waals surface area contributed by atoms with Crippen LogP contribution in [0.2, 0.25) is 0 Å². The highest BCUT2D eigenvalue weighted by Crippen LogP contribution is 1.97. The molecule has 0 saturated carbocycles. The van der Waals surface area contributed by atoms with Gasteiger partial charge in [-0.3, -0.25) is 19.2 Å². The number of hydrogen-bond donors (Lipinski definition) is 7. The Morgan fingerprint density at radius 2 is 1.39 bits per heavy atom. The summed E-state index contributed by atoms with van der Waals surface area (Å²) < 4.78 is 0. The van der Waals surface area contributed by atoms with Crippen LogP contribution >= 0.6 is 11.8 Å². The van der Waals surface area contributed by atoms with E-state index in [1.54, 1.807) is 11.8 Å². The fourth-order valence-corrected chi connectivity index (χ4v) is 1.16. The van der Waals surface area contributed by atoms with Crippen LogP contribution in [0.1, 0.15) is 12.8 Å². The molecule has 0 aromatic carbocycles. The van der Waals surface area contributed by atoms with Crippen molar-refractivity contribution in [1.29, 1.82) is 0 Å². The van der Waals surface area contributed by atoms with Gasteiger partial charge in [-0.25, -0.2) is 0 Å². The molecule has 1 amide bonds. The molecular formula is C11H24N4O7S. The number of amides is 1. The van der Waals surface area contributed by atoms with Crippen molar-refractivity contribution in [3.8, 4) is 0 Å². The van der Waals surface area contributed by atoms with Crippen molar-refractivity contribution in [2.24, 2.45) is 22.9 Å². The molecule has 2 atom stereocenters. The molecule has 0 aromatic heterocycles. The van der Waals surface area contributed by atoms with Gasteiger partial charge in [0.1, 0.15) is 12.1 Å². The third kappa shape index (κ3) is 25.4. The number of carboxylic acid groups (broad SMARTS) is 3. The molecule has 0 unspecified atom stereocenters. The smallest absolute Gasteiger partial charge is 0.321 e. The molecule has 0 aromatic rings. The first kappa shape index (κ1) is 26.0.